The number of rotatable bonds is 2. The molecule has 0 N–H and O–H groups in total. The molecule has 1 unspecified atom stereocenters. The SMILES string of the molecule is Fc1ccc(C(Cl)c2ccc(Br)cc2)cc1. The highest BCUT2D eigenvalue weighted by Gasteiger charge is 2.10. The summed E-state index contributed by atoms with van der Waals surface area (Å²) in [6.45, 7) is 0. The van der Waals surface area contributed by atoms with E-state index >= 15 is 0 Å². The van der Waals surface area contributed by atoms with Crippen molar-refractivity contribution in [3.63, 3.8) is 0 Å². The van der Waals surface area contributed by atoms with Gasteiger partial charge in [-0.1, -0.05) is 40.2 Å². The van der Waals surface area contributed by atoms with Gasteiger partial charge in [0.2, 0.25) is 0 Å². The summed E-state index contributed by atoms with van der Waals surface area (Å²) >= 11 is 9.67. The summed E-state index contributed by atoms with van der Waals surface area (Å²) in [7, 11) is 0. The van der Waals surface area contributed by atoms with Gasteiger partial charge in [-0.2, -0.15) is 0 Å². The van der Waals surface area contributed by atoms with Gasteiger partial charge in [0, 0.05) is 4.47 Å². The lowest BCUT2D eigenvalue weighted by Crippen LogP contribution is -1.92. The molecule has 0 fully saturated rings. The standard InChI is InChI=1S/C13H9BrClF/c14-11-5-1-9(2-6-11)13(15)10-3-7-12(16)8-4-10/h1-8,13H. The fourth-order valence-electron chi connectivity index (χ4n) is 1.46. The summed E-state index contributed by atoms with van der Waals surface area (Å²) in [5, 5.41) is -0.242. The zero-order valence-electron chi connectivity index (χ0n) is 8.33. The fourth-order valence-corrected chi connectivity index (χ4v) is 2.01. The maximum absolute atomic E-state index is 12.8. The molecule has 82 valence electrons. The first kappa shape index (κ1) is 11.6. The second-order valence-electron chi connectivity index (χ2n) is 3.47. The molecule has 0 nitrogen and oxygen atoms in total. The monoisotopic (exact) mass is 298 g/mol. The van der Waals surface area contributed by atoms with E-state index in [1.54, 1.807) is 12.1 Å². The summed E-state index contributed by atoms with van der Waals surface area (Å²) in [6, 6.07) is 14.0. The lowest BCUT2D eigenvalue weighted by molar-refractivity contribution is 0.627. The Labute approximate surface area is 107 Å². The van der Waals surface area contributed by atoms with E-state index in [2.05, 4.69) is 15.9 Å². The molecule has 0 aromatic heterocycles. The van der Waals surface area contributed by atoms with Gasteiger partial charge in [0.1, 0.15) is 5.82 Å². The Morgan fingerprint density at radius 1 is 0.875 bits per heavy atom. The van der Waals surface area contributed by atoms with Crippen LogP contribution < -0.4 is 0 Å². The van der Waals surface area contributed by atoms with Crippen molar-refractivity contribution in [3.05, 3.63) is 69.9 Å². The first-order valence-electron chi connectivity index (χ1n) is 4.82. The second-order valence-corrected chi connectivity index (χ2v) is 4.82. The van der Waals surface area contributed by atoms with Crippen LogP contribution in [0.3, 0.4) is 0 Å². The number of hydrogen-bond donors (Lipinski definition) is 0. The van der Waals surface area contributed by atoms with Gasteiger partial charge in [0.15, 0.2) is 0 Å². The van der Waals surface area contributed by atoms with Crippen molar-refractivity contribution in [1.29, 1.82) is 0 Å². The van der Waals surface area contributed by atoms with Crippen LogP contribution in [0.4, 0.5) is 4.39 Å². The van der Waals surface area contributed by atoms with Crippen LogP contribution in [0, 0.1) is 5.82 Å². The lowest BCUT2D eigenvalue weighted by atomic mass is 10.0. The second kappa shape index (κ2) is 4.98. The van der Waals surface area contributed by atoms with E-state index in [-0.39, 0.29) is 11.2 Å². The smallest absolute Gasteiger partial charge is 0.123 e. The van der Waals surface area contributed by atoms with E-state index in [0.717, 1.165) is 15.6 Å². The molecule has 0 aliphatic rings. The Kier molecular flexibility index (Phi) is 3.62. The highest BCUT2D eigenvalue weighted by Crippen LogP contribution is 2.29. The summed E-state index contributed by atoms with van der Waals surface area (Å²) in [4.78, 5) is 0. The van der Waals surface area contributed by atoms with Crippen LogP contribution in [0.1, 0.15) is 16.5 Å². The Hall–Kier alpha value is -0.860. The average molecular weight is 300 g/mol. The molecule has 2 aromatic carbocycles. The zero-order valence-corrected chi connectivity index (χ0v) is 10.7. The van der Waals surface area contributed by atoms with Gasteiger partial charge in [-0.3, -0.25) is 0 Å². The minimum absolute atomic E-state index is 0.242. The molecule has 0 saturated carbocycles. The summed E-state index contributed by atoms with van der Waals surface area (Å²) in [5.74, 6) is -0.247. The predicted molar refractivity (Wildman–Crippen MR) is 68.2 cm³/mol. The molecule has 0 radical (unpaired) electrons. The molecule has 0 bridgehead atoms. The molecule has 0 saturated heterocycles. The largest absolute Gasteiger partial charge is 0.207 e. The van der Waals surface area contributed by atoms with Gasteiger partial charge in [0.25, 0.3) is 0 Å². The predicted octanol–water partition coefficient (Wildman–Crippen LogP) is 4.92. The molecule has 2 rings (SSSR count). The van der Waals surface area contributed by atoms with Crippen molar-refractivity contribution in [2.75, 3.05) is 0 Å². The maximum Gasteiger partial charge on any atom is 0.123 e. The Morgan fingerprint density at radius 3 is 1.81 bits per heavy atom. The van der Waals surface area contributed by atoms with E-state index in [1.807, 2.05) is 24.3 Å². The Bertz CT molecular complexity index is 419. The van der Waals surface area contributed by atoms with Crippen molar-refractivity contribution in [2.45, 2.75) is 5.38 Å². The molecule has 0 aliphatic heterocycles. The minimum Gasteiger partial charge on any atom is -0.207 e. The van der Waals surface area contributed by atoms with Crippen molar-refractivity contribution in [3.8, 4) is 0 Å². The summed E-state index contributed by atoms with van der Waals surface area (Å²) in [5.41, 5.74) is 1.89. The van der Waals surface area contributed by atoms with E-state index < -0.39 is 0 Å². The van der Waals surface area contributed by atoms with Crippen molar-refractivity contribution < 1.29 is 4.39 Å². The quantitative estimate of drug-likeness (QED) is 0.691. The van der Waals surface area contributed by atoms with Crippen molar-refractivity contribution in [2.24, 2.45) is 0 Å². The van der Waals surface area contributed by atoms with Crippen LogP contribution in [-0.4, -0.2) is 0 Å². The molecular weight excluding hydrogens is 290 g/mol. The number of alkyl halides is 1. The van der Waals surface area contributed by atoms with E-state index in [9.17, 15) is 4.39 Å². The van der Waals surface area contributed by atoms with Gasteiger partial charge in [-0.05, 0) is 35.4 Å². The third-order valence-corrected chi connectivity index (χ3v) is 3.36. The third-order valence-electron chi connectivity index (χ3n) is 2.33. The number of benzene rings is 2. The van der Waals surface area contributed by atoms with Crippen LogP contribution in [0.15, 0.2) is 53.0 Å². The topological polar surface area (TPSA) is 0 Å². The number of hydrogen-bond acceptors (Lipinski definition) is 0. The molecule has 16 heavy (non-hydrogen) atoms. The van der Waals surface area contributed by atoms with Crippen LogP contribution in [-0.2, 0) is 0 Å². The minimum atomic E-state index is -0.247. The maximum atomic E-state index is 12.8. The molecule has 3 heteroatoms. The average Bonchev–Trinajstić information content (AvgIpc) is 2.30. The van der Waals surface area contributed by atoms with Crippen LogP contribution >= 0.6 is 27.5 Å². The van der Waals surface area contributed by atoms with Crippen LogP contribution in [0.25, 0.3) is 0 Å². The van der Waals surface area contributed by atoms with Gasteiger partial charge in [0.05, 0.1) is 5.38 Å². The molecule has 0 aliphatic carbocycles. The first-order chi connectivity index (χ1) is 7.66. The molecule has 0 amide bonds. The van der Waals surface area contributed by atoms with Gasteiger partial charge < -0.3 is 0 Å². The normalized spacial score (nSPS) is 12.4. The van der Waals surface area contributed by atoms with Crippen LogP contribution in [0.5, 0.6) is 0 Å². The fraction of sp³-hybridized carbons (Fsp3) is 0.0769. The molecular formula is C13H9BrClF. The van der Waals surface area contributed by atoms with Gasteiger partial charge in [-0.15, -0.1) is 11.6 Å². The summed E-state index contributed by atoms with van der Waals surface area (Å²) in [6.07, 6.45) is 0. The van der Waals surface area contributed by atoms with E-state index in [1.165, 1.54) is 12.1 Å². The summed E-state index contributed by atoms with van der Waals surface area (Å²) < 4.78 is 13.8. The molecule has 0 spiro atoms. The highest BCUT2D eigenvalue weighted by atomic mass is 79.9. The molecule has 2 aromatic rings. The molecule has 0 heterocycles. The van der Waals surface area contributed by atoms with Crippen molar-refractivity contribution in [1.82, 2.24) is 0 Å². The van der Waals surface area contributed by atoms with Gasteiger partial charge >= 0.3 is 0 Å². The Balaban J connectivity index is 2.28. The molecule has 1 atom stereocenters. The van der Waals surface area contributed by atoms with Gasteiger partial charge in [-0.25, -0.2) is 4.39 Å². The first-order valence-corrected chi connectivity index (χ1v) is 6.05. The Morgan fingerprint density at radius 2 is 1.31 bits per heavy atom. The van der Waals surface area contributed by atoms with Crippen molar-refractivity contribution >= 4 is 27.5 Å². The third kappa shape index (κ3) is 2.63. The van der Waals surface area contributed by atoms with E-state index in [0.29, 0.717) is 0 Å². The highest BCUT2D eigenvalue weighted by molar-refractivity contribution is 9.10. The van der Waals surface area contributed by atoms with Crippen LogP contribution in [0.2, 0.25) is 0 Å². The zero-order chi connectivity index (χ0) is 11.5. The lowest BCUT2D eigenvalue weighted by Gasteiger charge is -2.10. The number of halogens is 3. The van der Waals surface area contributed by atoms with E-state index in [4.69, 9.17) is 11.6 Å².